The van der Waals surface area contributed by atoms with Crippen LogP contribution in [0.5, 0.6) is 0 Å². The van der Waals surface area contributed by atoms with E-state index in [4.69, 9.17) is 9.84 Å². The number of carbonyl (C=O) groups excluding carboxylic acids is 2. The van der Waals surface area contributed by atoms with Gasteiger partial charge in [0.15, 0.2) is 0 Å². The number of amides is 1. The van der Waals surface area contributed by atoms with E-state index < -0.39 is 24.0 Å². The molecule has 0 aliphatic rings. The van der Waals surface area contributed by atoms with Crippen molar-refractivity contribution in [1.29, 1.82) is 0 Å². The predicted octanol–water partition coefficient (Wildman–Crippen LogP) is 2.34. The number of nitrogens with one attached hydrogen (secondary N) is 2. The van der Waals surface area contributed by atoms with Crippen LogP contribution >= 0.6 is 0 Å². The fourth-order valence-electron chi connectivity index (χ4n) is 3.20. The van der Waals surface area contributed by atoms with E-state index in [1.807, 2.05) is 60.7 Å². The third-order valence-electron chi connectivity index (χ3n) is 4.78. The summed E-state index contributed by atoms with van der Waals surface area (Å²) in [7, 11) is 0. The van der Waals surface area contributed by atoms with Crippen molar-refractivity contribution in [2.45, 2.75) is 44.7 Å². The molecule has 0 spiro atoms. The Balaban J connectivity index is 2.12. The molecule has 0 heterocycles. The molecular weight excluding hydrogens is 396 g/mol. The third-order valence-corrected chi connectivity index (χ3v) is 4.78. The van der Waals surface area contributed by atoms with Crippen molar-refractivity contribution in [3.8, 4) is 0 Å². The topological polar surface area (TPSA) is 105 Å². The fraction of sp³-hybridized carbons (Fsp3) is 0.375. The van der Waals surface area contributed by atoms with Crippen LogP contribution in [0.1, 0.15) is 30.9 Å². The number of hydrogen-bond acceptors (Lipinski definition) is 5. The van der Waals surface area contributed by atoms with Crippen LogP contribution in [0, 0.1) is 0 Å². The van der Waals surface area contributed by atoms with E-state index in [2.05, 4.69) is 10.6 Å². The Kier molecular flexibility index (Phi) is 10.2. The lowest BCUT2D eigenvalue weighted by Crippen LogP contribution is -2.52. The Labute approximate surface area is 182 Å². The molecule has 0 saturated carbocycles. The van der Waals surface area contributed by atoms with Gasteiger partial charge in [-0.25, -0.2) is 0 Å². The van der Waals surface area contributed by atoms with Gasteiger partial charge in [0.05, 0.1) is 19.1 Å². The summed E-state index contributed by atoms with van der Waals surface area (Å²) in [5.74, 6) is -1.74. The Morgan fingerprint density at radius 1 is 0.935 bits per heavy atom. The first-order chi connectivity index (χ1) is 15.0. The van der Waals surface area contributed by atoms with E-state index in [0.29, 0.717) is 19.3 Å². The number of esters is 1. The van der Waals surface area contributed by atoms with Crippen LogP contribution in [-0.2, 0) is 32.0 Å². The molecule has 0 aliphatic heterocycles. The second kappa shape index (κ2) is 13.2. The molecule has 2 aromatic rings. The molecule has 0 saturated heterocycles. The van der Waals surface area contributed by atoms with Crippen LogP contribution in [0.4, 0.5) is 0 Å². The SMILES string of the molecule is CCOC(=O)C(CCc1ccccc1)N[C@H](Cc1ccccc1)C(=O)NCCC(=O)O. The monoisotopic (exact) mass is 426 g/mol. The average Bonchev–Trinajstić information content (AvgIpc) is 2.77. The van der Waals surface area contributed by atoms with Gasteiger partial charge in [0, 0.05) is 6.54 Å². The van der Waals surface area contributed by atoms with Crippen molar-refractivity contribution in [1.82, 2.24) is 10.6 Å². The highest BCUT2D eigenvalue weighted by molar-refractivity contribution is 5.84. The highest BCUT2D eigenvalue weighted by Crippen LogP contribution is 2.10. The minimum Gasteiger partial charge on any atom is -0.481 e. The molecule has 1 amide bonds. The smallest absolute Gasteiger partial charge is 0.323 e. The molecule has 3 N–H and O–H groups in total. The standard InChI is InChI=1S/C24H30N2O5/c1-2-31-24(30)20(14-13-18-9-5-3-6-10-18)26-21(17-19-11-7-4-8-12-19)23(29)25-16-15-22(27)28/h3-12,20-21,26H,2,13-17H2,1H3,(H,25,29)(H,27,28)/t20?,21-/m1/s1. The molecule has 7 heteroatoms. The van der Waals surface area contributed by atoms with Crippen LogP contribution in [0.15, 0.2) is 60.7 Å². The molecular formula is C24H30N2O5. The summed E-state index contributed by atoms with van der Waals surface area (Å²) in [6.07, 6.45) is 1.31. The molecule has 31 heavy (non-hydrogen) atoms. The summed E-state index contributed by atoms with van der Waals surface area (Å²) in [4.78, 5) is 36.2. The molecule has 166 valence electrons. The summed E-state index contributed by atoms with van der Waals surface area (Å²) < 4.78 is 5.23. The van der Waals surface area contributed by atoms with Gasteiger partial charge in [0.2, 0.25) is 5.91 Å². The number of ether oxygens (including phenoxy) is 1. The van der Waals surface area contributed by atoms with Crippen molar-refractivity contribution >= 4 is 17.8 Å². The average molecular weight is 427 g/mol. The summed E-state index contributed by atoms with van der Waals surface area (Å²) in [6.45, 7) is 2.01. The molecule has 2 atom stereocenters. The maximum atomic E-state index is 12.8. The van der Waals surface area contributed by atoms with Crippen LogP contribution in [0.2, 0.25) is 0 Å². The van der Waals surface area contributed by atoms with E-state index in [9.17, 15) is 14.4 Å². The summed E-state index contributed by atoms with van der Waals surface area (Å²) in [6, 6.07) is 17.9. The first kappa shape index (κ1) is 24.1. The molecule has 0 aromatic heterocycles. The number of carbonyl (C=O) groups is 3. The first-order valence-electron chi connectivity index (χ1n) is 10.5. The zero-order chi connectivity index (χ0) is 22.5. The number of hydrogen-bond donors (Lipinski definition) is 3. The van der Waals surface area contributed by atoms with E-state index in [1.165, 1.54) is 0 Å². The summed E-state index contributed by atoms with van der Waals surface area (Å²) >= 11 is 0. The van der Waals surface area contributed by atoms with Gasteiger partial charge in [-0.1, -0.05) is 60.7 Å². The Hall–Kier alpha value is -3.19. The summed E-state index contributed by atoms with van der Waals surface area (Å²) in [5.41, 5.74) is 2.02. The molecule has 2 aromatic carbocycles. The summed E-state index contributed by atoms with van der Waals surface area (Å²) in [5, 5.41) is 14.6. The van der Waals surface area contributed by atoms with Crippen LogP contribution < -0.4 is 10.6 Å². The molecule has 0 bridgehead atoms. The molecule has 7 nitrogen and oxygen atoms in total. The van der Waals surface area contributed by atoms with Gasteiger partial charge in [-0.2, -0.15) is 0 Å². The fourth-order valence-corrected chi connectivity index (χ4v) is 3.20. The van der Waals surface area contributed by atoms with Crippen molar-refractivity contribution in [3.05, 3.63) is 71.8 Å². The lowest BCUT2D eigenvalue weighted by molar-refractivity contribution is -0.146. The minimum absolute atomic E-state index is 0.0230. The van der Waals surface area contributed by atoms with Crippen molar-refractivity contribution < 1.29 is 24.2 Å². The lowest BCUT2D eigenvalue weighted by Gasteiger charge is -2.24. The quantitative estimate of drug-likeness (QED) is 0.425. The zero-order valence-electron chi connectivity index (χ0n) is 17.8. The van der Waals surface area contributed by atoms with E-state index >= 15 is 0 Å². The molecule has 0 aliphatic carbocycles. The van der Waals surface area contributed by atoms with E-state index in [1.54, 1.807) is 6.92 Å². The van der Waals surface area contributed by atoms with Gasteiger partial charge in [-0.05, 0) is 37.3 Å². The minimum atomic E-state index is -0.986. The number of carboxylic acids is 1. The van der Waals surface area contributed by atoms with Gasteiger partial charge in [-0.15, -0.1) is 0 Å². The number of aliphatic carboxylic acids is 1. The Bertz CT molecular complexity index is 826. The lowest BCUT2D eigenvalue weighted by atomic mass is 10.0. The third kappa shape index (κ3) is 9.00. The molecule has 0 fully saturated rings. The van der Waals surface area contributed by atoms with Crippen LogP contribution in [-0.4, -0.2) is 48.2 Å². The van der Waals surface area contributed by atoms with Crippen LogP contribution in [0.25, 0.3) is 0 Å². The highest BCUT2D eigenvalue weighted by atomic mass is 16.5. The van der Waals surface area contributed by atoms with Gasteiger partial charge in [0.1, 0.15) is 6.04 Å². The Morgan fingerprint density at radius 2 is 1.55 bits per heavy atom. The predicted molar refractivity (Wildman–Crippen MR) is 118 cm³/mol. The van der Waals surface area contributed by atoms with Gasteiger partial charge in [-0.3, -0.25) is 19.7 Å². The number of benzene rings is 2. The number of aryl methyl sites for hydroxylation is 1. The maximum Gasteiger partial charge on any atom is 0.323 e. The van der Waals surface area contributed by atoms with Crippen molar-refractivity contribution in [2.24, 2.45) is 0 Å². The largest absolute Gasteiger partial charge is 0.481 e. The Morgan fingerprint density at radius 3 is 2.13 bits per heavy atom. The van der Waals surface area contributed by atoms with Gasteiger partial charge >= 0.3 is 11.9 Å². The van der Waals surface area contributed by atoms with Crippen molar-refractivity contribution in [3.63, 3.8) is 0 Å². The maximum absolute atomic E-state index is 12.8. The highest BCUT2D eigenvalue weighted by Gasteiger charge is 2.27. The molecule has 1 unspecified atom stereocenters. The second-order valence-electron chi connectivity index (χ2n) is 7.17. The van der Waals surface area contributed by atoms with E-state index in [0.717, 1.165) is 11.1 Å². The first-order valence-corrected chi connectivity index (χ1v) is 10.5. The number of carboxylic acid groups (broad SMARTS) is 1. The van der Waals surface area contributed by atoms with E-state index in [-0.39, 0.29) is 25.5 Å². The normalized spacial score (nSPS) is 12.5. The molecule has 0 radical (unpaired) electrons. The number of rotatable bonds is 13. The zero-order valence-corrected chi connectivity index (χ0v) is 17.8. The van der Waals surface area contributed by atoms with Gasteiger partial charge in [0.25, 0.3) is 0 Å². The molecule has 2 rings (SSSR count). The van der Waals surface area contributed by atoms with Gasteiger partial charge < -0.3 is 15.2 Å². The van der Waals surface area contributed by atoms with Crippen molar-refractivity contribution in [2.75, 3.05) is 13.2 Å². The second-order valence-corrected chi connectivity index (χ2v) is 7.17. The van der Waals surface area contributed by atoms with Crippen LogP contribution in [0.3, 0.4) is 0 Å².